The third-order valence-electron chi connectivity index (χ3n) is 2.18. The van der Waals surface area contributed by atoms with Crippen molar-refractivity contribution >= 4 is 28.9 Å². The molecule has 6 heteroatoms. The number of rotatable bonds is 2. The summed E-state index contributed by atoms with van der Waals surface area (Å²) in [4.78, 5) is 15.7. The van der Waals surface area contributed by atoms with Gasteiger partial charge in [-0.25, -0.2) is 4.98 Å². The van der Waals surface area contributed by atoms with E-state index in [0.29, 0.717) is 22.1 Å². The van der Waals surface area contributed by atoms with Crippen molar-refractivity contribution in [1.29, 1.82) is 0 Å². The highest BCUT2D eigenvalue weighted by molar-refractivity contribution is 6.34. The van der Waals surface area contributed by atoms with Gasteiger partial charge >= 0.3 is 0 Å². The van der Waals surface area contributed by atoms with E-state index in [1.54, 1.807) is 42.3 Å². The number of aromatic nitrogens is 2. The Kier molecular flexibility index (Phi) is 3.01. The Labute approximate surface area is 103 Å². The van der Waals surface area contributed by atoms with Crippen LogP contribution in [0.3, 0.4) is 0 Å². The van der Waals surface area contributed by atoms with Crippen LogP contribution < -0.4 is 11.1 Å². The smallest absolute Gasteiger partial charge is 0.275 e. The van der Waals surface area contributed by atoms with Gasteiger partial charge in [0.2, 0.25) is 0 Å². The molecular weight excluding hydrogens is 240 g/mol. The number of carbonyl (C=O) groups is 1. The molecule has 1 amide bonds. The van der Waals surface area contributed by atoms with Crippen molar-refractivity contribution in [3.05, 3.63) is 41.4 Å². The minimum atomic E-state index is -0.321. The fourth-order valence-corrected chi connectivity index (χ4v) is 1.52. The van der Waals surface area contributed by atoms with Crippen molar-refractivity contribution in [1.82, 2.24) is 9.55 Å². The zero-order chi connectivity index (χ0) is 12.4. The summed E-state index contributed by atoms with van der Waals surface area (Å²) < 4.78 is 1.69. The number of nitrogen functional groups attached to an aromatic ring is 1. The first-order valence-corrected chi connectivity index (χ1v) is 5.28. The van der Waals surface area contributed by atoms with Crippen LogP contribution in [-0.2, 0) is 7.05 Å². The molecule has 0 spiro atoms. The van der Waals surface area contributed by atoms with Gasteiger partial charge in [0.05, 0.1) is 17.0 Å². The second-order valence-corrected chi connectivity index (χ2v) is 4.02. The maximum atomic E-state index is 11.8. The zero-order valence-corrected chi connectivity index (χ0v) is 9.90. The molecule has 1 aromatic carbocycles. The molecule has 88 valence electrons. The molecule has 0 bridgehead atoms. The first-order chi connectivity index (χ1) is 8.06. The van der Waals surface area contributed by atoms with Gasteiger partial charge in [0.25, 0.3) is 5.91 Å². The van der Waals surface area contributed by atoms with E-state index in [0.717, 1.165) is 0 Å². The number of hydrogen-bond donors (Lipinski definition) is 2. The van der Waals surface area contributed by atoms with Crippen molar-refractivity contribution in [2.45, 2.75) is 0 Å². The van der Waals surface area contributed by atoms with Crippen molar-refractivity contribution < 1.29 is 4.79 Å². The molecular formula is C11H11ClN4O. The zero-order valence-electron chi connectivity index (χ0n) is 9.14. The molecule has 0 fully saturated rings. The number of anilines is 2. The third kappa shape index (κ3) is 2.57. The SMILES string of the molecule is Cn1cnc(C(=O)Nc2cc(N)ccc2Cl)c1. The Morgan fingerprint density at radius 3 is 2.94 bits per heavy atom. The van der Waals surface area contributed by atoms with Crippen molar-refractivity contribution in [3.8, 4) is 0 Å². The Hall–Kier alpha value is -2.01. The van der Waals surface area contributed by atoms with Crippen LogP contribution in [0.25, 0.3) is 0 Å². The molecule has 0 atom stereocenters. The monoisotopic (exact) mass is 250 g/mol. The number of aryl methyl sites for hydroxylation is 1. The molecule has 0 unspecified atom stereocenters. The fraction of sp³-hybridized carbons (Fsp3) is 0.0909. The van der Waals surface area contributed by atoms with Gasteiger partial charge in [0, 0.05) is 18.9 Å². The lowest BCUT2D eigenvalue weighted by atomic mass is 10.2. The molecule has 2 rings (SSSR count). The maximum Gasteiger partial charge on any atom is 0.275 e. The number of nitrogens with one attached hydrogen (secondary N) is 1. The van der Waals surface area contributed by atoms with E-state index < -0.39 is 0 Å². The van der Waals surface area contributed by atoms with Gasteiger partial charge in [0.1, 0.15) is 5.69 Å². The normalized spacial score (nSPS) is 10.2. The number of hydrogen-bond acceptors (Lipinski definition) is 3. The molecule has 0 saturated heterocycles. The van der Waals surface area contributed by atoms with Crippen molar-refractivity contribution in [2.75, 3.05) is 11.1 Å². The van der Waals surface area contributed by atoms with Gasteiger partial charge in [-0.3, -0.25) is 4.79 Å². The summed E-state index contributed by atoms with van der Waals surface area (Å²) in [5, 5.41) is 3.09. The Morgan fingerprint density at radius 1 is 1.53 bits per heavy atom. The number of nitrogens with zero attached hydrogens (tertiary/aromatic N) is 2. The molecule has 0 aliphatic rings. The quantitative estimate of drug-likeness (QED) is 0.800. The van der Waals surface area contributed by atoms with E-state index in [2.05, 4.69) is 10.3 Å². The van der Waals surface area contributed by atoms with Gasteiger partial charge in [0.15, 0.2) is 0 Å². The molecule has 0 aliphatic carbocycles. The van der Waals surface area contributed by atoms with Crippen LogP contribution in [-0.4, -0.2) is 15.5 Å². The molecule has 5 nitrogen and oxygen atoms in total. The van der Waals surface area contributed by atoms with Gasteiger partial charge < -0.3 is 15.6 Å². The second-order valence-electron chi connectivity index (χ2n) is 3.62. The van der Waals surface area contributed by atoms with Gasteiger partial charge in [-0.15, -0.1) is 0 Å². The largest absolute Gasteiger partial charge is 0.399 e. The number of imidazole rings is 1. The highest BCUT2D eigenvalue weighted by atomic mass is 35.5. The molecule has 3 N–H and O–H groups in total. The van der Waals surface area contributed by atoms with E-state index in [9.17, 15) is 4.79 Å². The van der Waals surface area contributed by atoms with Crippen LogP contribution in [0.1, 0.15) is 10.5 Å². The Balaban J connectivity index is 2.21. The average Bonchev–Trinajstić information content (AvgIpc) is 2.70. The second kappa shape index (κ2) is 4.47. The maximum absolute atomic E-state index is 11.8. The molecule has 1 heterocycles. The van der Waals surface area contributed by atoms with Crippen LogP contribution in [0.15, 0.2) is 30.7 Å². The lowest BCUT2D eigenvalue weighted by Crippen LogP contribution is -2.12. The third-order valence-corrected chi connectivity index (χ3v) is 2.51. The predicted octanol–water partition coefficient (Wildman–Crippen LogP) is 1.91. The summed E-state index contributed by atoms with van der Waals surface area (Å²) in [7, 11) is 1.79. The minimum absolute atomic E-state index is 0.321. The van der Waals surface area contributed by atoms with Crippen LogP contribution in [0.5, 0.6) is 0 Å². The van der Waals surface area contributed by atoms with Gasteiger partial charge in [-0.2, -0.15) is 0 Å². The summed E-state index contributed by atoms with van der Waals surface area (Å²) in [6.45, 7) is 0. The lowest BCUT2D eigenvalue weighted by Gasteiger charge is -2.06. The first kappa shape index (κ1) is 11.5. The van der Waals surface area contributed by atoms with E-state index >= 15 is 0 Å². The summed E-state index contributed by atoms with van der Waals surface area (Å²) >= 11 is 5.94. The highest BCUT2D eigenvalue weighted by Crippen LogP contribution is 2.24. The van der Waals surface area contributed by atoms with Crippen LogP contribution in [0, 0.1) is 0 Å². The number of amides is 1. The van der Waals surface area contributed by atoms with E-state index in [4.69, 9.17) is 17.3 Å². The topological polar surface area (TPSA) is 72.9 Å². The minimum Gasteiger partial charge on any atom is -0.399 e. The van der Waals surface area contributed by atoms with Crippen molar-refractivity contribution in [3.63, 3.8) is 0 Å². The summed E-state index contributed by atoms with van der Waals surface area (Å²) in [5.74, 6) is -0.321. The number of nitrogens with two attached hydrogens (primary N) is 1. The van der Waals surface area contributed by atoms with E-state index in [-0.39, 0.29) is 5.91 Å². The number of carbonyl (C=O) groups excluding carboxylic acids is 1. The molecule has 2 aromatic rings. The molecule has 1 aromatic heterocycles. The van der Waals surface area contributed by atoms with Crippen LogP contribution in [0.2, 0.25) is 5.02 Å². The van der Waals surface area contributed by atoms with E-state index in [1.807, 2.05) is 0 Å². The average molecular weight is 251 g/mol. The Morgan fingerprint density at radius 2 is 2.29 bits per heavy atom. The summed E-state index contributed by atoms with van der Waals surface area (Å²) in [6, 6.07) is 4.90. The van der Waals surface area contributed by atoms with Gasteiger partial charge in [-0.05, 0) is 18.2 Å². The lowest BCUT2D eigenvalue weighted by molar-refractivity contribution is 0.102. The number of halogens is 1. The Bertz CT molecular complexity index is 564. The van der Waals surface area contributed by atoms with Crippen LogP contribution >= 0.6 is 11.6 Å². The number of benzene rings is 1. The summed E-state index contributed by atoms with van der Waals surface area (Å²) in [6.07, 6.45) is 3.17. The molecule has 0 radical (unpaired) electrons. The first-order valence-electron chi connectivity index (χ1n) is 4.90. The van der Waals surface area contributed by atoms with Crippen LogP contribution in [0.4, 0.5) is 11.4 Å². The highest BCUT2D eigenvalue weighted by Gasteiger charge is 2.10. The summed E-state index contributed by atoms with van der Waals surface area (Å²) in [5.41, 5.74) is 6.95. The molecule has 0 saturated carbocycles. The standard InChI is InChI=1S/C11H11ClN4O/c1-16-5-10(14-6-16)11(17)15-9-4-7(13)2-3-8(9)12/h2-6H,13H2,1H3,(H,15,17). The molecule has 0 aliphatic heterocycles. The predicted molar refractivity (Wildman–Crippen MR) is 67.0 cm³/mol. The van der Waals surface area contributed by atoms with E-state index in [1.165, 1.54) is 0 Å². The van der Waals surface area contributed by atoms with Gasteiger partial charge in [-0.1, -0.05) is 11.6 Å². The fourth-order valence-electron chi connectivity index (χ4n) is 1.36. The molecule has 17 heavy (non-hydrogen) atoms. The van der Waals surface area contributed by atoms with Crippen molar-refractivity contribution in [2.24, 2.45) is 7.05 Å².